The summed E-state index contributed by atoms with van der Waals surface area (Å²) in [5.74, 6) is 3.26. The number of hydrogen-bond acceptors (Lipinski definition) is 30. The molecule has 0 atom stereocenters. The van der Waals surface area contributed by atoms with E-state index in [4.69, 9.17) is 125 Å². The van der Waals surface area contributed by atoms with Crippen LogP contribution in [0.2, 0.25) is 30.1 Å². The highest BCUT2D eigenvalue weighted by Gasteiger charge is 2.26. The maximum atomic E-state index is 11.8. The third-order valence-corrected chi connectivity index (χ3v) is 23.7. The largest absolute Gasteiger partial charge is 0.492 e. The molecule has 142 heavy (non-hydrogen) atoms. The van der Waals surface area contributed by atoms with Crippen LogP contribution in [0.1, 0.15) is 172 Å². The van der Waals surface area contributed by atoms with Gasteiger partial charge in [0.15, 0.2) is 33.5 Å². The fourth-order valence-corrected chi connectivity index (χ4v) is 15.6. The smallest absolute Gasteiger partial charge is 0.351 e. The molecule has 36 nitrogen and oxygen atoms in total. The molecular weight excluding hydrogens is 1970 g/mol. The van der Waals surface area contributed by atoms with Crippen LogP contribution in [-0.4, -0.2) is 99.4 Å². The first-order chi connectivity index (χ1) is 67.6. The summed E-state index contributed by atoms with van der Waals surface area (Å²) in [5.41, 5.74) is -4.43. The lowest BCUT2D eigenvalue weighted by molar-refractivity contribution is 0.243. The van der Waals surface area contributed by atoms with Crippen molar-refractivity contribution in [1.82, 2.24) is 59.8 Å². The number of rotatable bonds is 29. The van der Waals surface area contributed by atoms with Crippen LogP contribution in [0.5, 0.6) is 34.5 Å². The normalized spacial score (nSPS) is 11.3. The summed E-state index contributed by atoms with van der Waals surface area (Å²) in [6.45, 7) is 22.4. The van der Waals surface area contributed by atoms with E-state index >= 15 is 0 Å². The van der Waals surface area contributed by atoms with Crippen LogP contribution >= 0.6 is 69.6 Å². The number of halogens is 6. The van der Waals surface area contributed by atoms with E-state index in [9.17, 15) is 57.5 Å². The number of nitrogens with one attached hydrogen (secondary N) is 6. The number of unbranched alkanes of at least 4 members (excludes halogenated alkanes) is 10. The first kappa shape index (κ1) is 107. The predicted molar refractivity (Wildman–Crippen MR) is 546 cm³/mol. The summed E-state index contributed by atoms with van der Waals surface area (Å²) < 4.78 is 67.6. The number of H-pyrrole nitrogens is 6. The van der Waals surface area contributed by atoms with Crippen molar-refractivity contribution in [3.63, 3.8) is 0 Å². The van der Waals surface area contributed by atoms with E-state index < -0.39 is 67.5 Å². The predicted octanol–water partition coefficient (Wildman–Crippen LogP) is 20.7. The average molecular weight is 2070 g/mol. The molecule has 12 aliphatic rings. The Balaban J connectivity index is 0.000000152. The van der Waals surface area contributed by atoms with Crippen LogP contribution in [0, 0.1) is 11.3 Å². The Bertz CT molecular complexity index is 8120. The van der Waals surface area contributed by atoms with Gasteiger partial charge in [-0.2, -0.15) is 29.9 Å². The van der Waals surface area contributed by atoms with Crippen LogP contribution in [-0.2, 0) is 0 Å². The highest BCUT2D eigenvalue weighted by molar-refractivity contribution is 6.39. The lowest BCUT2D eigenvalue weighted by atomic mass is 9.93. The Kier molecular flexibility index (Phi) is 36.8. The molecule has 12 heterocycles. The molecule has 12 aliphatic heterocycles. The van der Waals surface area contributed by atoms with E-state index in [2.05, 4.69) is 122 Å². The molecule has 0 spiro atoms. The second-order valence-corrected chi connectivity index (χ2v) is 36.2. The number of nitrogens with zero attached hydrogens (tertiary/aromatic N) is 6. The van der Waals surface area contributed by atoms with Crippen molar-refractivity contribution in [2.24, 2.45) is 11.3 Å². The van der Waals surface area contributed by atoms with Crippen molar-refractivity contribution in [3.8, 4) is 103 Å². The summed E-state index contributed by atoms with van der Waals surface area (Å²) in [6, 6.07) is 30.5. The molecule has 0 aliphatic carbocycles. The number of hydrogen-bond donors (Lipinski definition) is 6. The van der Waals surface area contributed by atoms with Gasteiger partial charge in [0.1, 0.15) is 98.0 Å². The van der Waals surface area contributed by atoms with Gasteiger partial charge in [0.05, 0.1) is 39.6 Å². The van der Waals surface area contributed by atoms with Crippen molar-refractivity contribution in [1.29, 1.82) is 0 Å². The van der Waals surface area contributed by atoms with Crippen molar-refractivity contribution >= 4 is 135 Å². The van der Waals surface area contributed by atoms with E-state index in [1.807, 2.05) is 0 Å². The number of benzene rings is 6. The van der Waals surface area contributed by atoms with Gasteiger partial charge in [-0.25, -0.2) is 28.8 Å². The van der Waals surface area contributed by atoms with Crippen molar-refractivity contribution in [2.75, 3.05) is 39.6 Å². The Morgan fingerprint density at radius 1 is 0.275 bits per heavy atom. The SMILES string of the molecule is C.CC(C)(C)CCOc1ccc2cc3c(=O)[nH]c(=O)nc-3oc2c1Cl.CC(C)CCOc1ccc2cc3c(=O)[nH]c(=O)nc-3oc2c1Cl.CCCCCCCOc1ccc2cc3c(=O)[nH]c(=O)nc-3oc2c1Cl.CCCCCCOc1ccc2cc3c(=O)[nH]c(=O)nc-3oc2c1Cl.CCCCCOc1ccc2cc3c(=O)[nH]c(=O)nc-3oc2c1Cl.CCCCOc1ccc2cc3c(=O)[nH]c(=O)nc-3oc2c1Cl. The Morgan fingerprint density at radius 3 is 0.683 bits per heavy atom. The van der Waals surface area contributed by atoms with Gasteiger partial charge in [-0.05, 0) is 159 Å². The minimum absolute atomic E-state index is 0. The second-order valence-electron chi connectivity index (χ2n) is 33.9. The molecule has 42 heteroatoms. The Morgan fingerprint density at radius 2 is 0.465 bits per heavy atom. The van der Waals surface area contributed by atoms with E-state index in [0.717, 1.165) is 77.0 Å². The molecule has 6 aromatic carbocycles. The maximum Gasteiger partial charge on any atom is 0.351 e. The summed E-state index contributed by atoms with van der Waals surface area (Å²) in [6.07, 6.45) is 16.9. The van der Waals surface area contributed by atoms with Gasteiger partial charge in [0, 0.05) is 32.3 Å². The molecule has 0 bridgehead atoms. The van der Waals surface area contributed by atoms with Crippen LogP contribution in [0.4, 0.5) is 0 Å². The van der Waals surface area contributed by atoms with Gasteiger partial charge in [0.2, 0.25) is 35.3 Å². The molecule has 0 amide bonds. The molecule has 18 rings (SSSR count). The van der Waals surface area contributed by atoms with Crippen LogP contribution in [0.3, 0.4) is 0 Å². The zero-order valence-corrected chi connectivity index (χ0v) is 82.3. The quantitative estimate of drug-likeness (QED) is 0.0187. The summed E-state index contributed by atoms with van der Waals surface area (Å²) >= 11 is 38.0. The third kappa shape index (κ3) is 26.8. The standard InChI is InChI=1S/C18H19ClN2O4.2C17H17ClN2O4.2C16H15ClN2O4.C15H13ClN2O4.CH4/c1-2-3-4-5-6-9-24-13-8-7-11-10-12-16(22)20-18(23)21-17(12)25-15(11)14(13)19;1-17(2,3)6-7-23-11-5-4-9-8-10-14(21)19-16(22)20-15(10)24-13(9)12(11)18;1-2-3-4-5-8-23-12-7-6-10-9-11-15(21)19-17(22)20-16(11)24-14(10)13(12)18;1-8(2)5-6-22-11-4-3-9-7-10-14(20)18-16(21)19-15(10)23-13(9)12(11)17;1-2-3-4-7-22-11-6-5-9-8-10-14(20)18-16(21)19-15(10)23-13(9)12(11)17;1-2-3-6-21-10-5-4-8-7-9-13(19)17-15(20)18-14(9)22-12(8)11(10)16;/h7-8,10H,2-6,9H2,1H3,(H,20,22,23);4-5,8H,6-7H2,1-3H3,(H,19,21,22);6-7,9H,2-5,8H2,1H3,(H,19,21,22);3-4,7-8H,5-6H2,1-2H3,(H,18,20,21);5-6,8H,2-4,7H2,1H3,(H,18,20,21);4-5,7H,2-3,6H2,1H3,(H,17,19,20);1H4. The third-order valence-electron chi connectivity index (χ3n) is 21.5. The van der Waals surface area contributed by atoms with Gasteiger partial charge < -0.3 is 54.9 Å². The molecule has 0 saturated carbocycles. The van der Waals surface area contributed by atoms with Crippen molar-refractivity contribution in [3.05, 3.63) is 264 Å². The van der Waals surface area contributed by atoms with Crippen LogP contribution in [0.15, 0.2) is 193 Å². The summed E-state index contributed by atoms with van der Waals surface area (Å²) in [5, 5.41) is 5.59. The first-order valence-electron chi connectivity index (χ1n) is 45.3. The summed E-state index contributed by atoms with van der Waals surface area (Å²) in [4.78, 5) is 173. The summed E-state index contributed by atoms with van der Waals surface area (Å²) in [7, 11) is 0. The topological polar surface area (TPSA) is 511 Å². The number of aromatic amines is 6. The molecule has 0 aromatic heterocycles. The van der Waals surface area contributed by atoms with E-state index in [1.165, 1.54) is 25.7 Å². The van der Waals surface area contributed by atoms with Crippen molar-refractivity contribution in [2.45, 2.75) is 172 Å². The Labute approximate surface area is 835 Å². The van der Waals surface area contributed by atoms with Gasteiger partial charge in [-0.1, -0.05) is 204 Å². The number of ether oxygens (including phenoxy) is 6. The fraction of sp³-hybridized carbons (Fsp3) is 0.340. The monoisotopic (exact) mass is 2060 g/mol. The highest BCUT2D eigenvalue weighted by atomic mass is 35.5. The second kappa shape index (κ2) is 48.9. The minimum Gasteiger partial charge on any atom is -0.492 e. The molecule has 0 radical (unpaired) electrons. The van der Waals surface area contributed by atoms with E-state index in [-0.39, 0.29) is 86.6 Å². The van der Waals surface area contributed by atoms with E-state index in [1.54, 1.807) is 109 Å². The van der Waals surface area contributed by atoms with E-state index in [0.29, 0.717) is 171 Å². The zero-order chi connectivity index (χ0) is 101. The lowest BCUT2D eigenvalue weighted by Crippen LogP contribution is -2.24. The molecular formula is C100H100Cl6N12O24. The first-order valence-corrected chi connectivity index (χ1v) is 47.6. The van der Waals surface area contributed by atoms with Gasteiger partial charge >= 0.3 is 34.1 Å². The van der Waals surface area contributed by atoms with Gasteiger partial charge in [-0.15, -0.1) is 0 Å². The fourth-order valence-electron chi connectivity index (χ4n) is 14.0. The molecule has 6 N–H and O–H groups in total. The Hall–Kier alpha value is -14.0. The zero-order valence-electron chi connectivity index (χ0n) is 77.8. The number of fused-ring (bicyclic) bond motifs is 12. The van der Waals surface area contributed by atoms with Gasteiger partial charge in [-0.3, -0.25) is 58.7 Å². The molecule has 0 fully saturated rings. The van der Waals surface area contributed by atoms with Crippen LogP contribution in [0.25, 0.3) is 135 Å². The number of aromatic nitrogens is 12. The van der Waals surface area contributed by atoms with Gasteiger partial charge in [0.25, 0.3) is 33.4 Å². The van der Waals surface area contributed by atoms with Crippen LogP contribution < -0.4 is 95.9 Å². The maximum absolute atomic E-state index is 11.8. The average Bonchev–Trinajstić information content (AvgIpc) is 0.794. The molecule has 0 unspecified atom stereocenters. The minimum atomic E-state index is -0.760. The highest BCUT2D eigenvalue weighted by Crippen LogP contribution is 2.43. The molecule has 0 saturated heterocycles. The molecule has 6 aromatic rings. The lowest BCUT2D eigenvalue weighted by Gasteiger charge is -2.18. The molecule has 746 valence electrons. The van der Waals surface area contributed by atoms with Crippen molar-refractivity contribution < 1.29 is 54.9 Å².